The van der Waals surface area contributed by atoms with Gasteiger partial charge < -0.3 is 14.8 Å². The Bertz CT molecular complexity index is 1330. The number of halogens is 1. The van der Waals surface area contributed by atoms with Crippen molar-refractivity contribution in [3.8, 4) is 17.6 Å². The first-order chi connectivity index (χ1) is 13.9. The van der Waals surface area contributed by atoms with Gasteiger partial charge in [-0.25, -0.2) is 4.98 Å². The Balaban J connectivity index is 1.76. The topological polar surface area (TPSA) is 127 Å². The number of hydrogen-bond acceptors (Lipinski definition) is 7. The van der Waals surface area contributed by atoms with Crippen LogP contribution < -0.4 is 4.73 Å². The summed E-state index contributed by atoms with van der Waals surface area (Å²) in [4.78, 5) is 8.75. The second-order valence-electron chi connectivity index (χ2n) is 7.26. The molecule has 0 radical (unpaired) electrons. The summed E-state index contributed by atoms with van der Waals surface area (Å²) in [6.07, 6.45) is 4.47. The van der Waals surface area contributed by atoms with Crippen LogP contribution in [0, 0.1) is 23.5 Å². The third-order valence-electron chi connectivity index (χ3n) is 5.56. The fraction of sp³-hybridized carbons (Fsp3) is 0.316. The predicted octanol–water partition coefficient (Wildman–Crippen LogP) is 2.77. The van der Waals surface area contributed by atoms with Gasteiger partial charge >= 0.3 is 0 Å². The van der Waals surface area contributed by atoms with E-state index in [0.717, 1.165) is 12.8 Å². The highest BCUT2D eigenvalue weighted by Gasteiger charge is 2.39. The Morgan fingerprint density at radius 2 is 2.14 bits per heavy atom. The molecule has 1 aromatic carbocycles. The molecule has 0 saturated heterocycles. The van der Waals surface area contributed by atoms with Gasteiger partial charge in [-0.05, 0) is 37.8 Å². The van der Waals surface area contributed by atoms with Crippen LogP contribution in [0.25, 0.3) is 28.1 Å². The lowest BCUT2D eigenvalue weighted by Crippen LogP contribution is -2.33. The van der Waals surface area contributed by atoms with E-state index in [1.807, 2.05) is 6.07 Å². The Morgan fingerprint density at radius 3 is 2.86 bits per heavy atom. The van der Waals surface area contributed by atoms with Crippen molar-refractivity contribution in [1.82, 2.24) is 19.5 Å². The Morgan fingerprint density at radius 1 is 1.38 bits per heavy atom. The van der Waals surface area contributed by atoms with E-state index in [-0.39, 0.29) is 27.8 Å². The highest BCUT2D eigenvalue weighted by atomic mass is 35.5. The fourth-order valence-corrected chi connectivity index (χ4v) is 4.24. The van der Waals surface area contributed by atoms with Gasteiger partial charge in [0.2, 0.25) is 11.5 Å². The molecule has 10 heteroatoms. The molecular formula is C19H15ClN6O3. The molecule has 1 aliphatic carbocycles. The standard InChI is InChI=1S/C19H15ClN6O3/c1-10-15-14(17-23-18(29-24-17)19(27)6-2-3-7-19)22-9-25(15)13-5-4-12(20)11(8-21)16(13)26(10)28/h4-5,9,27H,2-3,6-7H2,1H3. The molecular weight excluding hydrogens is 396 g/mol. The molecule has 0 atom stereocenters. The zero-order valence-electron chi connectivity index (χ0n) is 15.4. The van der Waals surface area contributed by atoms with Gasteiger partial charge in [0.25, 0.3) is 11.4 Å². The SMILES string of the molecule is Cc1c2c(-c3noc(C4(O)CCCC4)n3)ncn2c2ccc(Cl)c(C#N)c2[n+]1[O-]. The third-order valence-corrected chi connectivity index (χ3v) is 5.88. The smallest absolute Gasteiger partial charge is 0.260 e. The summed E-state index contributed by atoms with van der Waals surface area (Å²) >= 11 is 6.10. The van der Waals surface area contributed by atoms with E-state index >= 15 is 0 Å². The summed E-state index contributed by atoms with van der Waals surface area (Å²) < 4.78 is 7.70. The van der Waals surface area contributed by atoms with Gasteiger partial charge in [0, 0.05) is 6.92 Å². The van der Waals surface area contributed by atoms with Crippen molar-refractivity contribution in [2.24, 2.45) is 0 Å². The maximum absolute atomic E-state index is 13.0. The van der Waals surface area contributed by atoms with Crippen LogP contribution in [0.15, 0.2) is 23.0 Å². The minimum absolute atomic E-state index is 0.102. The van der Waals surface area contributed by atoms with Crippen LogP contribution in [0.3, 0.4) is 0 Å². The van der Waals surface area contributed by atoms with E-state index in [2.05, 4.69) is 15.1 Å². The zero-order valence-corrected chi connectivity index (χ0v) is 16.1. The maximum atomic E-state index is 13.0. The van der Waals surface area contributed by atoms with Crippen LogP contribution in [0.2, 0.25) is 5.02 Å². The second kappa shape index (κ2) is 6.14. The van der Waals surface area contributed by atoms with Gasteiger partial charge in [-0.1, -0.05) is 16.8 Å². The van der Waals surface area contributed by atoms with Gasteiger partial charge in [-0.15, -0.1) is 0 Å². The predicted molar refractivity (Wildman–Crippen MR) is 102 cm³/mol. The Labute approximate surface area is 169 Å². The molecule has 146 valence electrons. The first-order valence-corrected chi connectivity index (χ1v) is 9.51. The molecule has 0 aliphatic heterocycles. The first kappa shape index (κ1) is 17.8. The van der Waals surface area contributed by atoms with Gasteiger partial charge in [0.05, 0.1) is 5.02 Å². The van der Waals surface area contributed by atoms with E-state index in [9.17, 15) is 15.6 Å². The van der Waals surface area contributed by atoms with Gasteiger partial charge in [0.1, 0.15) is 40.3 Å². The van der Waals surface area contributed by atoms with Crippen LogP contribution in [0.5, 0.6) is 0 Å². The number of nitrogens with zero attached hydrogens (tertiary/aromatic N) is 6. The molecule has 4 aromatic rings. The van der Waals surface area contributed by atoms with Crippen LogP contribution in [-0.4, -0.2) is 24.6 Å². The number of nitriles is 1. The lowest BCUT2D eigenvalue weighted by Gasteiger charge is -2.15. The van der Waals surface area contributed by atoms with E-state index in [0.29, 0.717) is 40.0 Å². The van der Waals surface area contributed by atoms with Crippen molar-refractivity contribution in [1.29, 1.82) is 5.26 Å². The van der Waals surface area contributed by atoms with Crippen molar-refractivity contribution in [3.05, 3.63) is 45.8 Å². The molecule has 1 N–H and O–H groups in total. The zero-order chi connectivity index (χ0) is 20.3. The molecule has 1 fully saturated rings. The van der Waals surface area contributed by atoms with Gasteiger partial charge in [0.15, 0.2) is 0 Å². The molecule has 0 amide bonds. The lowest BCUT2D eigenvalue weighted by atomic mass is 10.0. The molecule has 9 nitrogen and oxygen atoms in total. The number of rotatable bonds is 2. The molecule has 1 saturated carbocycles. The molecule has 29 heavy (non-hydrogen) atoms. The number of aliphatic hydroxyl groups is 1. The lowest BCUT2D eigenvalue weighted by molar-refractivity contribution is -0.583. The maximum Gasteiger partial charge on any atom is 0.260 e. The normalized spacial score (nSPS) is 15.9. The summed E-state index contributed by atoms with van der Waals surface area (Å²) in [5, 5.41) is 37.3. The number of benzene rings is 1. The largest absolute Gasteiger partial charge is 0.618 e. The van der Waals surface area contributed by atoms with E-state index in [4.69, 9.17) is 16.1 Å². The van der Waals surface area contributed by atoms with Crippen LogP contribution in [-0.2, 0) is 5.60 Å². The van der Waals surface area contributed by atoms with Gasteiger partial charge in [-0.3, -0.25) is 4.40 Å². The van der Waals surface area contributed by atoms with E-state index in [1.165, 1.54) is 6.33 Å². The summed E-state index contributed by atoms with van der Waals surface area (Å²) in [7, 11) is 0. The summed E-state index contributed by atoms with van der Waals surface area (Å²) in [5.41, 5.74) is 0.809. The number of aryl methyl sites for hydroxylation is 1. The van der Waals surface area contributed by atoms with Crippen molar-refractivity contribution in [3.63, 3.8) is 0 Å². The third kappa shape index (κ3) is 2.43. The quantitative estimate of drug-likeness (QED) is 0.397. The Hall–Kier alpha value is -3.22. The number of fused-ring (bicyclic) bond motifs is 3. The molecule has 0 spiro atoms. The minimum atomic E-state index is -1.11. The molecule has 0 bridgehead atoms. The van der Waals surface area contributed by atoms with Gasteiger partial charge in [-0.2, -0.15) is 15.0 Å². The minimum Gasteiger partial charge on any atom is -0.618 e. The van der Waals surface area contributed by atoms with E-state index in [1.54, 1.807) is 23.5 Å². The number of aromatic nitrogens is 5. The summed E-state index contributed by atoms with van der Waals surface area (Å²) in [6.45, 7) is 1.63. The van der Waals surface area contributed by atoms with Crippen molar-refractivity contribution < 1.29 is 14.4 Å². The van der Waals surface area contributed by atoms with Crippen LogP contribution >= 0.6 is 11.6 Å². The van der Waals surface area contributed by atoms with Crippen LogP contribution in [0.1, 0.15) is 42.8 Å². The molecule has 5 rings (SSSR count). The van der Waals surface area contributed by atoms with Crippen molar-refractivity contribution in [2.75, 3.05) is 0 Å². The second-order valence-corrected chi connectivity index (χ2v) is 7.66. The van der Waals surface area contributed by atoms with Crippen molar-refractivity contribution in [2.45, 2.75) is 38.2 Å². The monoisotopic (exact) mass is 410 g/mol. The van der Waals surface area contributed by atoms with Crippen LogP contribution in [0.4, 0.5) is 0 Å². The number of hydrogen-bond donors (Lipinski definition) is 1. The molecule has 3 heterocycles. The summed E-state index contributed by atoms with van der Waals surface area (Å²) in [5.74, 6) is 0.359. The highest BCUT2D eigenvalue weighted by molar-refractivity contribution is 6.32. The highest BCUT2D eigenvalue weighted by Crippen LogP contribution is 2.38. The summed E-state index contributed by atoms with van der Waals surface area (Å²) in [6, 6.07) is 5.22. The molecule has 1 aliphatic rings. The van der Waals surface area contributed by atoms with Crippen molar-refractivity contribution >= 4 is 28.2 Å². The molecule has 3 aromatic heterocycles. The Kier molecular flexibility index (Phi) is 3.78. The molecule has 0 unspecified atom stereocenters. The first-order valence-electron chi connectivity index (χ1n) is 9.13. The average molecular weight is 411 g/mol. The number of imidazole rings is 1. The fourth-order valence-electron chi connectivity index (χ4n) is 4.05. The average Bonchev–Trinajstić information content (AvgIpc) is 3.45. The van der Waals surface area contributed by atoms with E-state index < -0.39 is 5.60 Å².